The molecule has 1 saturated heterocycles. The van der Waals surface area contributed by atoms with E-state index >= 15 is 0 Å². The van der Waals surface area contributed by atoms with Crippen molar-refractivity contribution >= 4 is 18.0 Å². The number of esters is 1. The van der Waals surface area contributed by atoms with E-state index in [1.165, 1.54) is 25.8 Å². The number of rotatable bonds is 7. The Kier molecular flexibility index (Phi) is 6.99. The lowest BCUT2D eigenvalue weighted by Gasteiger charge is -2.59. The van der Waals surface area contributed by atoms with Gasteiger partial charge in [-0.25, -0.2) is 0 Å². The Bertz CT molecular complexity index is 1190. The Morgan fingerprint density at radius 3 is 2.54 bits per heavy atom. The zero-order valence-corrected chi connectivity index (χ0v) is 21.4. The largest absolute Gasteiger partial charge is 0.508 e. The van der Waals surface area contributed by atoms with Gasteiger partial charge in [0.2, 0.25) is 5.91 Å². The average molecular weight is 505 g/mol. The van der Waals surface area contributed by atoms with Gasteiger partial charge in [0.1, 0.15) is 17.1 Å². The molecule has 7 nitrogen and oxygen atoms in total. The second-order valence-electron chi connectivity index (χ2n) is 11.0. The Morgan fingerprint density at radius 2 is 1.84 bits per heavy atom. The van der Waals surface area contributed by atoms with Crippen molar-refractivity contribution in [2.75, 3.05) is 19.6 Å². The summed E-state index contributed by atoms with van der Waals surface area (Å²) in [5.41, 5.74) is 0.446. The number of phenols is 2. The number of amides is 1. The quantitative estimate of drug-likeness (QED) is 0.387. The van der Waals surface area contributed by atoms with Crippen LogP contribution in [-0.2, 0) is 19.7 Å². The van der Waals surface area contributed by atoms with Gasteiger partial charge < -0.3 is 20.3 Å². The number of carbonyl (C=O) groups is 2. The monoisotopic (exact) mass is 504 g/mol. The van der Waals surface area contributed by atoms with Crippen LogP contribution in [-0.4, -0.2) is 58.3 Å². The van der Waals surface area contributed by atoms with Crippen molar-refractivity contribution in [3.05, 3.63) is 65.7 Å². The summed E-state index contributed by atoms with van der Waals surface area (Å²) in [6, 6.07) is 13.9. The number of carbonyl (C=O) groups excluding carboxylic acids is 2. The van der Waals surface area contributed by atoms with Crippen molar-refractivity contribution in [1.82, 2.24) is 10.2 Å². The molecule has 0 radical (unpaired) electrons. The number of ether oxygens (including phenoxy) is 1. The maximum Gasteiger partial charge on any atom is 0.303 e. The summed E-state index contributed by atoms with van der Waals surface area (Å²) < 4.78 is 6.27. The topological polar surface area (TPSA) is 99.1 Å². The van der Waals surface area contributed by atoms with E-state index in [1.54, 1.807) is 36.4 Å². The van der Waals surface area contributed by atoms with Gasteiger partial charge >= 0.3 is 5.97 Å². The summed E-state index contributed by atoms with van der Waals surface area (Å²) in [5, 5.41) is 23.2. The van der Waals surface area contributed by atoms with Gasteiger partial charge in [-0.1, -0.05) is 24.3 Å². The number of benzene rings is 2. The molecule has 37 heavy (non-hydrogen) atoms. The number of phenolic OH excluding ortho intramolecular Hbond substituents is 2. The second kappa shape index (κ2) is 10.2. The number of piperidine rings is 1. The van der Waals surface area contributed by atoms with E-state index in [-0.39, 0.29) is 29.4 Å². The fraction of sp³-hybridized carbons (Fsp3) is 0.467. The van der Waals surface area contributed by atoms with Gasteiger partial charge in [-0.05, 0) is 92.5 Å². The normalized spacial score (nSPS) is 28.0. The summed E-state index contributed by atoms with van der Waals surface area (Å²) >= 11 is 0. The van der Waals surface area contributed by atoms with Gasteiger partial charge in [0.25, 0.3) is 0 Å². The zero-order valence-electron chi connectivity index (χ0n) is 21.4. The number of fused-ring (bicyclic) bond motifs is 1. The summed E-state index contributed by atoms with van der Waals surface area (Å²) in [5.74, 6) is 0.568. The fourth-order valence-electron chi connectivity index (χ4n) is 6.48. The van der Waals surface area contributed by atoms with Gasteiger partial charge in [-0.15, -0.1) is 0 Å². The summed E-state index contributed by atoms with van der Waals surface area (Å²) in [7, 11) is 0. The molecule has 0 bridgehead atoms. The van der Waals surface area contributed by atoms with Crippen molar-refractivity contribution in [1.29, 1.82) is 0 Å². The molecule has 3 unspecified atom stereocenters. The summed E-state index contributed by atoms with van der Waals surface area (Å²) in [6.45, 7) is 4.05. The molecule has 2 saturated carbocycles. The molecule has 3 aliphatic rings. The van der Waals surface area contributed by atoms with Crippen LogP contribution in [0.1, 0.15) is 56.6 Å². The van der Waals surface area contributed by atoms with Gasteiger partial charge in [0, 0.05) is 37.5 Å². The zero-order chi connectivity index (χ0) is 26.0. The standard InChI is InChI=1S/C30H36N2O5/c1-21(33)37-30-13-12-25(31-28(36)11-10-22-4-2-6-26(34)16-22)18-29(30,24-5-3-7-27(35)17-24)14-15-32(20-30)19-23-8-9-23/h2-7,10-11,16-17,23,25,34-35H,8-9,12-15,18-20H2,1H3,(H,31,36). The molecule has 1 heterocycles. The molecule has 0 spiro atoms. The van der Waals surface area contributed by atoms with Crippen LogP contribution in [0.15, 0.2) is 54.6 Å². The van der Waals surface area contributed by atoms with Crippen LogP contribution in [0.2, 0.25) is 0 Å². The van der Waals surface area contributed by atoms with Crippen LogP contribution >= 0.6 is 0 Å². The lowest BCUT2D eigenvalue weighted by Crippen LogP contribution is -2.68. The van der Waals surface area contributed by atoms with Gasteiger partial charge in [0.05, 0.1) is 0 Å². The summed E-state index contributed by atoms with van der Waals surface area (Å²) in [6.07, 6.45) is 8.42. The molecule has 7 heteroatoms. The number of hydrogen-bond donors (Lipinski definition) is 3. The van der Waals surface area contributed by atoms with E-state index in [1.807, 2.05) is 18.2 Å². The minimum absolute atomic E-state index is 0.109. The van der Waals surface area contributed by atoms with Gasteiger partial charge in [0.15, 0.2) is 0 Å². The van der Waals surface area contributed by atoms with E-state index in [0.29, 0.717) is 25.8 Å². The molecule has 5 rings (SSSR count). The minimum Gasteiger partial charge on any atom is -0.508 e. The second-order valence-corrected chi connectivity index (χ2v) is 11.0. The van der Waals surface area contributed by atoms with E-state index < -0.39 is 11.0 Å². The Hall–Kier alpha value is -3.32. The molecular formula is C30H36N2O5. The maximum atomic E-state index is 12.9. The first-order valence-electron chi connectivity index (χ1n) is 13.3. The van der Waals surface area contributed by atoms with Crippen LogP contribution in [0.4, 0.5) is 0 Å². The average Bonchev–Trinajstić information content (AvgIpc) is 3.67. The molecule has 3 fully saturated rings. The molecule has 3 N–H and O–H groups in total. The third-order valence-corrected chi connectivity index (χ3v) is 8.29. The lowest BCUT2D eigenvalue weighted by atomic mass is 9.55. The van der Waals surface area contributed by atoms with E-state index in [4.69, 9.17) is 4.74 Å². The molecule has 1 amide bonds. The number of aromatic hydroxyl groups is 2. The van der Waals surface area contributed by atoms with Crippen molar-refractivity contribution in [3.8, 4) is 11.5 Å². The van der Waals surface area contributed by atoms with Crippen molar-refractivity contribution in [2.24, 2.45) is 5.92 Å². The molecule has 2 aromatic carbocycles. The van der Waals surface area contributed by atoms with Crippen molar-refractivity contribution in [3.63, 3.8) is 0 Å². The fourth-order valence-corrected chi connectivity index (χ4v) is 6.48. The Morgan fingerprint density at radius 1 is 1.08 bits per heavy atom. The number of nitrogens with one attached hydrogen (secondary N) is 1. The first-order chi connectivity index (χ1) is 17.8. The maximum absolute atomic E-state index is 12.9. The van der Waals surface area contributed by atoms with E-state index in [0.717, 1.165) is 36.6 Å². The third kappa shape index (κ3) is 5.52. The third-order valence-electron chi connectivity index (χ3n) is 8.29. The van der Waals surface area contributed by atoms with Gasteiger partial charge in [-0.3, -0.25) is 14.5 Å². The highest BCUT2D eigenvalue weighted by Crippen LogP contribution is 2.54. The van der Waals surface area contributed by atoms with Crippen LogP contribution in [0.25, 0.3) is 6.08 Å². The molecule has 3 atom stereocenters. The molecule has 2 aromatic rings. The van der Waals surface area contributed by atoms with E-state index in [2.05, 4.69) is 10.2 Å². The van der Waals surface area contributed by atoms with Crippen LogP contribution in [0.5, 0.6) is 11.5 Å². The van der Waals surface area contributed by atoms with Crippen molar-refractivity contribution < 1.29 is 24.5 Å². The first-order valence-corrected chi connectivity index (χ1v) is 13.3. The minimum atomic E-state index is -0.724. The van der Waals surface area contributed by atoms with Crippen LogP contribution in [0, 0.1) is 5.92 Å². The predicted molar refractivity (Wildman–Crippen MR) is 141 cm³/mol. The SMILES string of the molecule is CC(=O)OC12CCC(NC(=O)C=Cc3cccc(O)c3)CC1(c1cccc(O)c1)CCN(CC1CC1)C2. The highest BCUT2D eigenvalue weighted by molar-refractivity contribution is 5.92. The predicted octanol–water partition coefficient (Wildman–Crippen LogP) is 4.14. The van der Waals surface area contributed by atoms with Crippen LogP contribution in [0.3, 0.4) is 0 Å². The Balaban J connectivity index is 1.42. The molecule has 196 valence electrons. The molecular weight excluding hydrogens is 468 g/mol. The van der Waals surface area contributed by atoms with Crippen LogP contribution < -0.4 is 5.32 Å². The summed E-state index contributed by atoms with van der Waals surface area (Å²) in [4.78, 5) is 27.8. The highest BCUT2D eigenvalue weighted by Gasteiger charge is 2.61. The number of hydrogen-bond acceptors (Lipinski definition) is 6. The first kappa shape index (κ1) is 25.3. The van der Waals surface area contributed by atoms with Gasteiger partial charge in [-0.2, -0.15) is 0 Å². The molecule has 0 aromatic heterocycles. The molecule has 1 aliphatic heterocycles. The Labute approximate surface area is 218 Å². The van der Waals surface area contributed by atoms with Crippen molar-refractivity contribution in [2.45, 2.75) is 62.5 Å². The van der Waals surface area contributed by atoms with E-state index in [9.17, 15) is 19.8 Å². The smallest absolute Gasteiger partial charge is 0.303 e. The number of nitrogens with zero attached hydrogens (tertiary/aromatic N) is 1. The molecule has 2 aliphatic carbocycles. The lowest BCUT2D eigenvalue weighted by molar-refractivity contribution is -0.187. The number of likely N-dealkylation sites (tertiary alicyclic amines) is 1. The highest BCUT2D eigenvalue weighted by atomic mass is 16.6.